The number of amides is 1. The molecular weight excluding hydrogens is 184 g/mol. The molecule has 1 rings (SSSR count). The molecule has 0 saturated heterocycles. The zero-order valence-corrected chi connectivity index (χ0v) is 8.07. The molecule has 0 aliphatic carbocycles. The number of nitrogens with one attached hydrogen (secondary N) is 2. The predicted octanol–water partition coefficient (Wildman–Crippen LogP) is 0.798. The third-order valence-electron chi connectivity index (χ3n) is 1.35. The summed E-state index contributed by atoms with van der Waals surface area (Å²) in [5.74, 6) is 0.794. The average Bonchev–Trinajstić information content (AvgIpc) is 2.52. The first kappa shape index (κ1) is 10.2. The van der Waals surface area contributed by atoms with Gasteiger partial charge in [-0.2, -0.15) is 5.10 Å². The quantitative estimate of drug-likeness (QED) is 0.554. The van der Waals surface area contributed by atoms with Gasteiger partial charge in [0.15, 0.2) is 0 Å². The number of H-pyrrole nitrogens is 1. The van der Waals surface area contributed by atoms with Crippen LogP contribution in [0.1, 0.15) is 18.4 Å². The first-order valence-electron chi connectivity index (χ1n) is 4.20. The number of nitrogens with zero attached hydrogens (tertiary/aromatic N) is 2. The van der Waals surface area contributed by atoms with E-state index in [2.05, 4.69) is 25.2 Å². The van der Waals surface area contributed by atoms with Crippen molar-refractivity contribution in [2.45, 2.75) is 13.8 Å². The van der Waals surface area contributed by atoms with E-state index in [0.717, 1.165) is 5.82 Å². The second-order valence-corrected chi connectivity index (χ2v) is 2.50. The average molecular weight is 196 g/mol. The maximum absolute atomic E-state index is 10.8. The van der Waals surface area contributed by atoms with E-state index in [1.807, 2.05) is 6.92 Å². The molecule has 1 aromatic rings. The summed E-state index contributed by atoms with van der Waals surface area (Å²) in [7, 11) is 0. The number of carbonyl (C=O) groups excluding carboxylic acids is 1. The largest absolute Gasteiger partial charge is 0.449 e. The maximum Gasteiger partial charge on any atom is 0.427 e. The second kappa shape index (κ2) is 5.00. The standard InChI is InChI=1S/C8H12N4O2/c1-3-14-8(13)12-10-5-7-4-9-6(2)11-7/h4-5H,3H2,1-2H3,(H,9,11)(H,12,13)/b10-5+. The summed E-state index contributed by atoms with van der Waals surface area (Å²) >= 11 is 0. The Morgan fingerprint density at radius 3 is 3.21 bits per heavy atom. The van der Waals surface area contributed by atoms with Gasteiger partial charge in [-0.1, -0.05) is 0 Å². The lowest BCUT2D eigenvalue weighted by Gasteiger charge is -1.97. The van der Waals surface area contributed by atoms with Gasteiger partial charge < -0.3 is 9.72 Å². The van der Waals surface area contributed by atoms with Crippen molar-refractivity contribution in [3.63, 3.8) is 0 Å². The van der Waals surface area contributed by atoms with Crippen LogP contribution in [0.25, 0.3) is 0 Å². The predicted molar refractivity (Wildman–Crippen MR) is 51.1 cm³/mol. The maximum atomic E-state index is 10.8. The first-order valence-corrected chi connectivity index (χ1v) is 4.20. The fraction of sp³-hybridized carbons (Fsp3) is 0.375. The molecule has 1 aromatic heterocycles. The summed E-state index contributed by atoms with van der Waals surface area (Å²) in [4.78, 5) is 17.7. The van der Waals surface area contributed by atoms with Crippen molar-refractivity contribution in [1.29, 1.82) is 0 Å². The molecule has 1 heterocycles. The van der Waals surface area contributed by atoms with Crippen LogP contribution in [-0.4, -0.2) is 28.9 Å². The zero-order valence-electron chi connectivity index (χ0n) is 8.07. The molecule has 0 radical (unpaired) electrons. The van der Waals surface area contributed by atoms with Crippen LogP contribution < -0.4 is 5.43 Å². The topological polar surface area (TPSA) is 79.4 Å². The lowest BCUT2D eigenvalue weighted by molar-refractivity contribution is 0.152. The van der Waals surface area contributed by atoms with Crippen molar-refractivity contribution in [2.24, 2.45) is 5.10 Å². The molecule has 0 spiro atoms. The molecule has 2 N–H and O–H groups in total. The van der Waals surface area contributed by atoms with Crippen molar-refractivity contribution in [1.82, 2.24) is 15.4 Å². The normalized spacial score (nSPS) is 10.4. The molecule has 1 amide bonds. The van der Waals surface area contributed by atoms with Gasteiger partial charge in [-0.05, 0) is 13.8 Å². The molecule has 76 valence electrons. The summed E-state index contributed by atoms with van der Waals surface area (Å²) in [6.07, 6.45) is 2.54. The number of aromatic amines is 1. The zero-order chi connectivity index (χ0) is 10.4. The molecule has 14 heavy (non-hydrogen) atoms. The molecule has 0 unspecified atom stereocenters. The van der Waals surface area contributed by atoms with Crippen molar-refractivity contribution in [2.75, 3.05) is 6.61 Å². The van der Waals surface area contributed by atoms with Gasteiger partial charge in [0.05, 0.1) is 12.8 Å². The summed E-state index contributed by atoms with van der Waals surface area (Å²) in [6.45, 7) is 3.87. The number of hydrogen-bond donors (Lipinski definition) is 2. The van der Waals surface area contributed by atoms with Crippen LogP contribution >= 0.6 is 0 Å². The van der Waals surface area contributed by atoms with Crippen LogP contribution in [0.2, 0.25) is 0 Å². The second-order valence-electron chi connectivity index (χ2n) is 2.50. The van der Waals surface area contributed by atoms with E-state index in [1.165, 1.54) is 6.21 Å². The third-order valence-corrected chi connectivity index (χ3v) is 1.35. The SMILES string of the molecule is CCOC(=O)N/N=C/c1c[nH]c(C)n1. The Morgan fingerprint density at radius 1 is 1.86 bits per heavy atom. The molecule has 6 nitrogen and oxygen atoms in total. The van der Waals surface area contributed by atoms with Crippen LogP contribution in [-0.2, 0) is 4.74 Å². The van der Waals surface area contributed by atoms with E-state index in [9.17, 15) is 4.79 Å². The van der Waals surface area contributed by atoms with Crippen LogP contribution in [0.5, 0.6) is 0 Å². The molecule has 0 fully saturated rings. The van der Waals surface area contributed by atoms with Crippen LogP contribution in [0.3, 0.4) is 0 Å². The Bertz CT molecular complexity index is 332. The van der Waals surface area contributed by atoms with Crippen LogP contribution in [0.4, 0.5) is 4.79 Å². The van der Waals surface area contributed by atoms with E-state index in [1.54, 1.807) is 13.1 Å². The Labute approximate surface area is 81.4 Å². The first-order chi connectivity index (χ1) is 6.72. The van der Waals surface area contributed by atoms with Gasteiger partial charge in [0, 0.05) is 6.20 Å². The molecule has 0 saturated carbocycles. The molecule has 0 aromatic carbocycles. The van der Waals surface area contributed by atoms with E-state index < -0.39 is 6.09 Å². The highest BCUT2D eigenvalue weighted by atomic mass is 16.5. The molecule has 0 aliphatic heterocycles. The highest BCUT2D eigenvalue weighted by Crippen LogP contribution is 1.90. The fourth-order valence-electron chi connectivity index (χ4n) is 0.817. The lowest BCUT2D eigenvalue weighted by Crippen LogP contribution is -2.18. The summed E-state index contributed by atoms with van der Waals surface area (Å²) in [5, 5.41) is 3.64. The van der Waals surface area contributed by atoms with E-state index in [4.69, 9.17) is 0 Å². The Hall–Kier alpha value is -1.85. The van der Waals surface area contributed by atoms with Gasteiger partial charge in [0.25, 0.3) is 0 Å². The molecule has 6 heteroatoms. The van der Waals surface area contributed by atoms with Gasteiger partial charge in [-0.3, -0.25) is 0 Å². The Morgan fingerprint density at radius 2 is 2.64 bits per heavy atom. The van der Waals surface area contributed by atoms with Crippen molar-refractivity contribution in [3.05, 3.63) is 17.7 Å². The van der Waals surface area contributed by atoms with Crippen LogP contribution in [0.15, 0.2) is 11.3 Å². The highest BCUT2D eigenvalue weighted by Gasteiger charge is 1.96. The summed E-state index contributed by atoms with van der Waals surface area (Å²) in [5.41, 5.74) is 2.85. The number of aromatic nitrogens is 2. The number of rotatable bonds is 3. The number of carbonyl (C=O) groups is 1. The molecule has 0 atom stereocenters. The minimum atomic E-state index is -0.573. The van der Waals surface area contributed by atoms with Gasteiger partial charge in [-0.15, -0.1) is 0 Å². The van der Waals surface area contributed by atoms with Gasteiger partial charge in [0.1, 0.15) is 11.5 Å². The smallest absolute Gasteiger partial charge is 0.427 e. The number of hydrogen-bond acceptors (Lipinski definition) is 4. The van der Waals surface area contributed by atoms with Gasteiger partial charge in [0.2, 0.25) is 0 Å². The van der Waals surface area contributed by atoms with Crippen molar-refractivity contribution in [3.8, 4) is 0 Å². The lowest BCUT2D eigenvalue weighted by atomic mass is 10.5. The molecule has 0 bridgehead atoms. The number of aryl methyl sites for hydroxylation is 1. The molecular formula is C8H12N4O2. The van der Waals surface area contributed by atoms with Gasteiger partial charge >= 0.3 is 6.09 Å². The number of hydrazone groups is 1. The van der Waals surface area contributed by atoms with Crippen LogP contribution in [0, 0.1) is 6.92 Å². The van der Waals surface area contributed by atoms with E-state index in [0.29, 0.717) is 12.3 Å². The van der Waals surface area contributed by atoms with E-state index >= 15 is 0 Å². The highest BCUT2D eigenvalue weighted by molar-refractivity contribution is 5.78. The number of imidazole rings is 1. The van der Waals surface area contributed by atoms with Gasteiger partial charge in [-0.25, -0.2) is 15.2 Å². The summed E-state index contributed by atoms with van der Waals surface area (Å²) < 4.78 is 4.59. The minimum absolute atomic E-state index is 0.322. The van der Waals surface area contributed by atoms with Crippen molar-refractivity contribution < 1.29 is 9.53 Å². The van der Waals surface area contributed by atoms with Crippen molar-refractivity contribution >= 4 is 12.3 Å². The minimum Gasteiger partial charge on any atom is -0.449 e. The monoisotopic (exact) mass is 196 g/mol. The van der Waals surface area contributed by atoms with E-state index in [-0.39, 0.29) is 0 Å². The third kappa shape index (κ3) is 3.26. The Kier molecular flexibility index (Phi) is 3.66. The Balaban J connectivity index is 2.37. The summed E-state index contributed by atoms with van der Waals surface area (Å²) in [6, 6.07) is 0. The number of ether oxygens (including phenoxy) is 1. The molecule has 0 aliphatic rings. The fourth-order valence-corrected chi connectivity index (χ4v) is 0.817.